The number of carbonyl (C=O) groups is 2. The van der Waals surface area contributed by atoms with Crippen LogP contribution in [0.2, 0.25) is 5.02 Å². The highest BCUT2D eigenvalue weighted by Crippen LogP contribution is 2.18. The molecule has 0 heterocycles. The van der Waals surface area contributed by atoms with Crippen molar-refractivity contribution in [1.29, 1.82) is 0 Å². The third-order valence-corrected chi connectivity index (χ3v) is 3.47. The molecule has 0 fully saturated rings. The smallest absolute Gasteiger partial charge is 0.340 e. The zero-order chi connectivity index (χ0) is 16.1. The molecule has 0 aromatic heterocycles. The molecule has 0 radical (unpaired) electrons. The lowest BCUT2D eigenvalue weighted by molar-refractivity contribution is -0.119. The summed E-state index contributed by atoms with van der Waals surface area (Å²) in [7, 11) is 0. The number of amides is 1. The van der Waals surface area contributed by atoms with Crippen LogP contribution in [0.3, 0.4) is 0 Å². The van der Waals surface area contributed by atoms with Crippen molar-refractivity contribution in [2.45, 2.75) is 0 Å². The summed E-state index contributed by atoms with van der Waals surface area (Å²) in [5.74, 6) is -1.99. The maximum Gasteiger partial charge on any atom is 0.340 e. The number of halogens is 3. The minimum absolute atomic E-state index is 0.0553. The Morgan fingerprint density at radius 2 is 1.86 bits per heavy atom. The first-order valence-corrected chi connectivity index (χ1v) is 7.30. The Morgan fingerprint density at radius 1 is 1.18 bits per heavy atom. The molecule has 2 aromatic carbocycles. The molecule has 0 unspecified atom stereocenters. The van der Waals surface area contributed by atoms with E-state index in [4.69, 9.17) is 16.3 Å². The molecular formula is C15H10BrClFNO3. The number of benzene rings is 2. The molecule has 0 aliphatic heterocycles. The summed E-state index contributed by atoms with van der Waals surface area (Å²) in [6, 6.07) is 10.2. The third kappa shape index (κ3) is 4.54. The van der Waals surface area contributed by atoms with Crippen molar-refractivity contribution < 1.29 is 18.7 Å². The normalized spacial score (nSPS) is 10.1. The summed E-state index contributed by atoms with van der Waals surface area (Å²) in [5, 5.41) is 2.61. The molecule has 0 atom stereocenters. The minimum Gasteiger partial charge on any atom is -0.452 e. The fourth-order valence-corrected chi connectivity index (χ4v) is 2.05. The maximum atomic E-state index is 13.1. The van der Waals surface area contributed by atoms with E-state index in [1.165, 1.54) is 6.07 Å². The number of carbonyl (C=O) groups excluding carboxylic acids is 2. The van der Waals surface area contributed by atoms with Gasteiger partial charge in [-0.1, -0.05) is 27.5 Å². The van der Waals surface area contributed by atoms with Gasteiger partial charge in [0.15, 0.2) is 6.61 Å². The molecule has 7 heteroatoms. The van der Waals surface area contributed by atoms with Gasteiger partial charge in [-0.3, -0.25) is 4.79 Å². The molecule has 2 rings (SSSR count). The number of nitrogens with one attached hydrogen (secondary N) is 1. The Balaban J connectivity index is 1.91. The second kappa shape index (κ2) is 7.38. The molecule has 2 aromatic rings. The molecule has 0 saturated heterocycles. The zero-order valence-electron chi connectivity index (χ0n) is 11.1. The Bertz CT molecular complexity index is 706. The van der Waals surface area contributed by atoms with Gasteiger partial charge in [-0.2, -0.15) is 0 Å². The molecule has 114 valence electrons. The highest BCUT2D eigenvalue weighted by atomic mass is 79.9. The van der Waals surface area contributed by atoms with Gasteiger partial charge in [0.25, 0.3) is 5.91 Å². The van der Waals surface area contributed by atoms with Crippen LogP contribution in [0.1, 0.15) is 10.4 Å². The van der Waals surface area contributed by atoms with Crippen LogP contribution in [-0.4, -0.2) is 18.5 Å². The summed E-state index contributed by atoms with van der Waals surface area (Å²) >= 11 is 9.05. The van der Waals surface area contributed by atoms with Crippen LogP contribution in [0.15, 0.2) is 46.9 Å². The molecular weight excluding hydrogens is 377 g/mol. The van der Waals surface area contributed by atoms with Crippen molar-refractivity contribution in [2.75, 3.05) is 11.9 Å². The van der Waals surface area contributed by atoms with Crippen molar-refractivity contribution in [3.63, 3.8) is 0 Å². The topological polar surface area (TPSA) is 55.4 Å². The second-order valence-corrected chi connectivity index (χ2v) is 5.58. The Kier molecular flexibility index (Phi) is 5.51. The zero-order valence-corrected chi connectivity index (χ0v) is 13.4. The largest absolute Gasteiger partial charge is 0.452 e. The lowest BCUT2D eigenvalue weighted by Gasteiger charge is -2.07. The molecule has 0 aliphatic rings. The SMILES string of the molecule is O=C(COC(=O)c1cc(F)ccc1Cl)Nc1ccc(Br)cc1. The standard InChI is InChI=1S/C15H10BrClFNO3/c16-9-1-4-11(5-2-9)19-14(20)8-22-15(21)12-7-10(18)3-6-13(12)17/h1-7H,8H2,(H,19,20). The van der Waals surface area contributed by atoms with Crippen LogP contribution >= 0.6 is 27.5 Å². The van der Waals surface area contributed by atoms with Crippen molar-refractivity contribution in [2.24, 2.45) is 0 Å². The molecule has 0 aliphatic carbocycles. The van der Waals surface area contributed by atoms with Crippen LogP contribution in [0, 0.1) is 5.82 Å². The first-order chi connectivity index (χ1) is 10.5. The van der Waals surface area contributed by atoms with Crippen LogP contribution in [0.25, 0.3) is 0 Å². The number of hydrogen-bond acceptors (Lipinski definition) is 3. The van der Waals surface area contributed by atoms with E-state index < -0.39 is 24.3 Å². The number of ether oxygens (including phenoxy) is 1. The molecule has 1 N–H and O–H groups in total. The molecule has 0 saturated carbocycles. The molecule has 0 spiro atoms. The van der Waals surface area contributed by atoms with Crippen molar-refractivity contribution in [1.82, 2.24) is 0 Å². The highest BCUT2D eigenvalue weighted by Gasteiger charge is 2.14. The number of esters is 1. The average molecular weight is 387 g/mol. The quantitative estimate of drug-likeness (QED) is 0.807. The Morgan fingerprint density at radius 3 is 2.55 bits per heavy atom. The number of hydrogen-bond donors (Lipinski definition) is 1. The monoisotopic (exact) mass is 385 g/mol. The van der Waals surface area contributed by atoms with Gasteiger partial charge in [0.2, 0.25) is 0 Å². The predicted octanol–water partition coefficient (Wildman–Crippen LogP) is 4.04. The lowest BCUT2D eigenvalue weighted by atomic mass is 10.2. The summed E-state index contributed by atoms with van der Waals surface area (Å²) in [6.07, 6.45) is 0. The van der Waals surface area contributed by atoms with E-state index in [2.05, 4.69) is 21.2 Å². The van der Waals surface area contributed by atoms with Gasteiger partial charge in [0.05, 0.1) is 10.6 Å². The minimum atomic E-state index is -0.865. The number of anilines is 1. The van der Waals surface area contributed by atoms with Gasteiger partial charge in [0.1, 0.15) is 5.82 Å². The fourth-order valence-electron chi connectivity index (χ4n) is 1.59. The highest BCUT2D eigenvalue weighted by molar-refractivity contribution is 9.10. The maximum absolute atomic E-state index is 13.1. The average Bonchev–Trinajstić information content (AvgIpc) is 2.49. The molecule has 1 amide bonds. The van der Waals surface area contributed by atoms with Crippen LogP contribution < -0.4 is 5.32 Å². The summed E-state index contributed by atoms with van der Waals surface area (Å²) in [4.78, 5) is 23.4. The van der Waals surface area contributed by atoms with Crippen LogP contribution in [0.4, 0.5) is 10.1 Å². The van der Waals surface area contributed by atoms with E-state index in [0.29, 0.717) is 5.69 Å². The van der Waals surface area contributed by atoms with Crippen molar-refractivity contribution in [3.05, 3.63) is 63.3 Å². The third-order valence-electron chi connectivity index (χ3n) is 2.61. The van der Waals surface area contributed by atoms with Crippen molar-refractivity contribution >= 4 is 45.1 Å². The molecule has 4 nitrogen and oxygen atoms in total. The molecule has 0 bridgehead atoms. The Hall–Kier alpha value is -1.92. The van der Waals surface area contributed by atoms with E-state index in [1.54, 1.807) is 24.3 Å². The summed E-state index contributed by atoms with van der Waals surface area (Å²) in [6.45, 7) is -0.498. The number of rotatable bonds is 4. The van der Waals surface area contributed by atoms with Crippen molar-refractivity contribution in [3.8, 4) is 0 Å². The van der Waals surface area contributed by atoms with Gasteiger partial charge in [-0.15, -0.1) is 0 Å². The van der Waals surface area contributed by atoms with Crippen LogP contribution in [0.5, 0.6) is 0 Å². The van der Waals surface area contributed by atoms with E-state index in [-0.39, 0.29) is 10.6 Å². The Labute approximate surface area is 139 Å². The van der Waals surface area contributed by atoms with Gasteiger partial charge in [0, 0.05) is 10.2 Å². The second-order valence-electron chi connectivity index (χ2n) is 4.26. The van der Waals surface area contributed by atoms with E-state index in [9.17, 15) is 14.0 Å². The first kappa shape index (κ1) is 16.5. The fraction of sp³-hybridized carbons (Fsp3) is 0.0667. The van der Waals surface area contributed by atoms with E-state index in [0.717, 1.165) is 16.6 Å². The van der Waals surface area contributed by atoms with Gasteiger partial charge >= 0.3 is 5.97 Å². The van der Waals surface area contributed by atoms with Gasteiger partial charge in [-0.05, 0) is 42.5 Å². The van der Waals surface area contributed by atoms with Crippen LogP contribution in [-0.2, 0) is 9.53 Å². The van der Waals surface area contributed by atoms with E-state index >= 15 is 0 Å². The first-order valence-electron chi connectivity index (χ1n) is 6.13. The van der Waals surface area contributed by atoms with Gasteiger partial charge in [-0.25, -0.2) is 9.18 Å². The lowest BCUT2D eigenvalue weighted by Crippen LogP contribution is -2.21. The van der Waals surface area contributed by atoms with Gasteiger partial charge < -0.3 is 10.1 Å². The summed E-state index contributed by atoms with van der Waals surface area (Å²) < 4.78 is 18.8. The summed E-state index contributed by atoms with van der Waals surface area (Å²) in [5.41, 5.74) is 0.436. The predicted molar refractivity (Wildman–Crippen MR) is 84.5 cm³/mol. The van der Waals surface area contributed by atoms with E-state index in [1.807, 2.05) is 0 Å². The molecule has 22 heavy (non-hydrogen) atoms.